The molecule has 1 heterocycles. The Hall–Kier alpha value is -0.540. The molecule has 0 amide bonds. The van der Waals surface area contributed by atoms with E-state index in [4.69, 9.17) is 11.6 Å². The van der Waals surface area contributed by atoms with Gasteiger partial charge in [-0.2, -0.15) is 5.10 Å². The molecule has 1 aromatic heterocycles. The van der Waals surface area contributed by atoms with E-state index in [0.29, 0.717) is 0 Å². The smallest absolute Gasteiger partial charge is 0.0817 e. The minimum absolute atomic E-state index is 0.802. The zero-order valence-electron chi connectivity index (χ0n) is 9.17. The summed E-state index contributed by atoms with van der Waals surface area (Å²) >= 11 is 6.07. The summed E-state index contributed by atoms with van der Waals surface area (Å²) in [6.45, 7) is 4.09. The number of nitrogens with one attached hydrogen (secondary N) is 1. The molecule has 1 aliphatic rings. The summed E-state index contributed by atoms with van der Waals surface area (Å²) in [5, 5.41) is 8.54. The third kappa shape index (κ3) is 2.95. The Labute approximate surface area is 95.8 Å². The molecular weight excluding hydrogens is 210 g/mol. The number of aryl methyl sites for hydroxylation is 1. The molecule has 1 N–H and O–H groups in total. The van der Waals surface area contributed by atoms with Crippen LogP contribution < -0.4 is 5.32 Å². The largest absolute Gasteiger partial charge is 0.314 e. The number of halogens is 1. The summed E-state index contributed by atoms with van der Waals surface area (Å²) in [5.74, 6) is 0. The van der Waals surface area contributed by atoms with E-state index < -0.39 is 0 Å². The number of aromatic nitrogens is 2. The third-order valence-electron chi connectivity index (χ3n) is 2.80. The topological polar surface area (TPSA) is 29.9 Å². The Morgan fingerprint density at radius 3 is 3.07 bits per heavy atom. The number of nitrogens with zero attached hydrogens (tertiary/aromatic N) is 2. The van der Waals surface area contributed by atoms with Gasteiger partial charge >= 0.3 is 0 Å². The normalized spacial score (nSPS) is 15.9. The first-order valence-corrected chi connectivity index (χ1v) is 6.12. The van der Waals surface area contributed by atoms with Crippen LogP contribution in [-0.4, -0.2) is 22.4 Å². The van der Waals surface area contributed by atoms with Gasteiger partial charge in [-0.1, -0.05) is 11.6 Å². The minimum Gasteiger partial charge on any atom is -0.314 e. The summed E-state index contributed by atoms with van der Waals surface area (Å²) in [7, 11) is 0. The standard InChI is InChI=1S/C11H18ClN3/c1-2-15-11(10(12)8-14-15)4-3-7-13-9-5-6-9/h8-9,13H,2-7H2,1H3. The van der Waals surface area contributed by atoms with E-state index in [9.17, 15) is 0 Å². The van der Waals surface area contributed by atoms with E-state index in [-0.39, 0.29) is 0 Å². The predicted octanol–water partition coefficient (Wildman–Crippen LogP) is 2.24. The molecule has 84 valence electrons. The van der Waals surface area contributed by atoms with E-state index in [1.54, 1.807) is 6.20 Å². The van der Waals surface area contributed by atoms with Crippen LogP contribution in [0.4, 0.5) is 0 Å². The molecule has 1 fully saturated rings. The monoisotopic (exact) mass is 227 g/mol. The molecule has 1 aromatic rings. The Bertz CT molecular complexity index is 318. The van der Waals surface area contributed by atoms with Crippen LogP contribution in [0.3, 0.4) is 0 Å². The lowest BCUT2D eigenvalue weighted by atomic mass is 10.2. The van der Waals surface area contributed by atoms with Gasteiger partial charge in [0.05, 0.1) is 16.9 Å². The Morgan fingerprint density at radius 1 is 1.60 bits per heavy atom. The first kappa shape index (κ1) is 11.0. The molecule has 0 unspecified atom stereocenters. The Morgan fingerprint density at radius 2 is 2.40 bits per heavy atom. The van der Waals surface area contributed by atoms with Gasteiger partial charge in [0.1, 0.15) is 0 Å². The van der Waals surface area contributed by atoms with Gasteiger partial charge < -0.3 is 5.32 Å². The fraction of sp³-hybridized carbons (Fsp3) is 0.727. The second-order valence-electron chi connectivity index (χ2n) is 4.09. The van der Waals surface area contributed by atoms with Crippen molar-refractivity contribution in [3.63, 3.8) is 0 Å². The fourth-order valence-corrected chi connectivity index (χ4v) is 1.99. The van der Waals surface area contributed by atoms with Crippen molar-refractivity contribution < 1.29 is 0 Å². The molecule has 1 aliphatic carbocycles. The van der Waals surface area contributed by atoms with Crippen LogP contribution in [0, 0.1) is 0 Å². The molecule has 0 atom stereocenters. The minimum atomic E-state index is 0.802. The van der Waals surface area contributed by atoms with Crippen LogP contribution in [0.2, 0.25) is 5.02 Å². The molecule has 1 saturated carbocycles. The van der Waals surface area contributed by atoms with Gasteiger partial charge in [-0.05, 0) is 39.2 Å². The number of hydrogen-bond acceptors (Lipinski definition) is 2. The first-order valence-electron chi connectivity index (χ1n) is 5.75. The van der Waals surface area contributed by atoms with Crippen molar-refractivity contribution in [2.24, 2.45) is 0 Å². The average molecular weight is 228 g/mol. The molecule has 0 saturated heterocycles. The molecule has 0 bridgehead atoms. The van der Waals surface area contributed by atoms with Crippen LogP contribution in [0.25, 0.3) is 0 Å². The molecule has 0 aliphatic heterocycles. The number of hydrogen-bond donors (Lipinski definition) is 1. The van der Waals surface area contributed by atoms with Crippen molar-refractivity contribution >= 4 is 11.6 Å². The highest BCUT2D eigenvalue weighted by Crippen LogP contribution is 2.19. The summed E-state index contributed by atoms with van der Waals surface area (Å²) in [4.78, 5) is 0. The quantitative estimate of drug-likeness (QED) is 0.756. The van der Waals surface area contributed by atoms with E-state index in [1.165, 1.54) is 18.5 Å². The molecule has 0 spiro atoms. The Kier molecular flexibility index (Phi) is 3.65. The molecule has 4 heteroatoms. The predicted molar refractivity (Wildman–Crippen MR) is 62.3 cm³/mol. The molecule has 3 nitrogen and oxygen atoms in total. The van der Waals surface area contributed by atoms with Crippen LogP contribution in [0.15, 0.2) is 6.20 Å². The first-order chi connectivity index (χ1) is 7.31. The van der Waals surface area contributed by atoms with E-state index in [2.05, 4.69) is 17.3 Å². The highest BCUT2D eigenvalue weighted by Gasteiger charge is 2.19. The van der Waals surface area contributed by atoms with Crippen molar-refractivity contribution in [2.45, 2.75) is 45.2 Å². The van der Waals surface area contributed by atoms with Crippen LogP contribution in [0.5, 0.6) is 0 Å². The summed E-state index contributed by atoms with van der Waals surface area (Å²) in [6.07, 6.45) is 6.62. The average Bonchev–Trinajstić information content (AvgIpc) is 2.99. The Balaban J connectivity index is 1.77. The second kappa shape index (κ2) is 4.99. The molecule has 0 radical (unpaired) electrons. The van der Waals surface area contributed by atoms with Gasteiger partial charge in [-0.3, -0.25) is 4.68 Å². The van der Waals surface area contributed by atoms with Gasteiger partial charge in [0.2, 0.25) is 0 Å². The molecular formula is C11H18ClN3. The summed E-state index contributed by atoms with van der Waals surface area (Å²) < 4.78 is 1.99. The third-order valence-corrected chi connectivity index (χ3v) is 3.11. The highest BCUT2D eigenvalue weighted by molar-refractivity contribution is 6.31. The maximum atomic E-state index is 6.07. The molecule has 0 aromatic carbocycles. The van der Waals surface area contributed by atoms with Gasteiger partial charge in [0.15, 0.2) is 0 Å². The van der Waals surface area contributed by atoms with Gasteiger partial charge in [0, 0.05) is 12.6 Å². The van der Waals surface area contributed by atoms with E-state index in [1.807, 2.05) is 4.68 Å². The van der Waals surface area contributed by atoms with Gasteiger partial charge in [0.25, 0.3) is 0 Å². The lowest BCUT2D eigenvalue weighted by Crippen LogP contribution is -2.18. The van der Waals surface area contributed by atoms with Crippen molar-refractivity contribution in [1.82, 2.24) is 15.1 Å². The van der Waals surface area contributed by atoms with E-state index in [0.717, 1.165) is 37.0 Å². The van der Waals surface area contributed by atoms with Crippen LogP contribution >= 0.6 is 11.6 Å². The van der Waals surface area contributed by atoms with Crippen molar-refractivity contribution in [1.29, 1.82) is 0 Å². The molecule has 2 rings (SSSR count). The zero-order valence-corrected chi connectivity index (χ0v) is 9.93. The maximum absolute atomic E-state index is 6.07. The lowest BCUT2D eigenvalue weighted by molar-refractivity contribution is 0.589. The van der Waals surface area contributed by atoms with Crippen LogP contribution in [-0.2, 0) is 13.0 Å². The van der Waals surface area contributed by atoms with Gasteiger partial charge in [-0.25, -0.2) is 0 Å². The van der Waals surface area contributed by atoms with Crippen molar-refractivity contribution in [3.8, 4) is 0 Å². The molecule has 15 heavy (non-hydrogen) atoms. The fourth-order valence-electron chi connectivity index (χ4n) is 1.76. The maximum Gasteiger partial charge on any atom is 0.0817 e. The zero-order chi connectivity index (χ0) is 10.7. The van der Waals surface area contributed by atoms with E-state index >= 15 is 0 Å². The number of rotatable bonds is 6. The summed E-state index contributed by atoms with van der Waals surface area (Å²) in [6, 6.07) is 0.802. The van der Waals surface area contributed by atoms with Crippen molar-refractivity contribution in [2.75, 3.05) is 6.54 Å². The second-order valence-corrected chi connectivity index (χ2v) is 4.49. The van der Waals surface area contributed by atoms with Crippen LogP contribution in [0.1, 0.15) is 31.9 Å². The SMILES string of the molecule is CCn1ncc(Cl)c1CCCNC1CC1. The highest BCUT2D eigenvalue weighted by atomic mass is 35.5. The summed E-state index contributed by atoms with van der Waals surface area (Å²) in [5.41, 5.74) is 1.18. The van der Waals surface area contributed by atoms with Crippen molar-refractivity contribution in [3.05, 3.63) is 16.9 Å². The lowest BCUT2D eigenvalue weighted by Gasteiger charge is -2.06. The van der Waals surface area contributed by atoms with Gasteiger partial charge in [-0.15, -0.1) is 0 Å².